The Morgan fingerprint density at radius 1 is 1.75 bits per heavy atom. The number of morpholine rings is 1. The number of hydrogen-bond donors (Lipinski definition) is 1. The fourth-order valence-corrected chi connectivity index (χ4v) is 0.718. The van der Waals surface area contributed by atoms with Crippen molar-refractivity contribution >= 4 is 0 Å². The Hall–Kier alpha value is -0.120. The monoisotopic (exact) mass is 117 g/mol. The summed E-state index contributed by atoms with van der Waals surface area (Å²) < 4.78 is 5.05. The lowest BCUT2D eigenvalue weighted by Gasteiger charge is -2.26. The molecule has 0 aromatic rings. The molecule has 0 radical (unpaired) electrons. The van der Waals surface area contributed by atoms with Gasteiger partial charge in [0.05, 0.1) is 19.3 Å². The summed E-state index contributed by atoms with van der Waals surface area (Å²) in [5.74, 6) is 0. The van der Waals surface area contributed by atoms with Crippen molar-refractivity contribution in [2.75, 3.05) is 19.8 Å². The van der Waals surface area contributed by atoms with Crippen molar-refractivity contribution in [2.45, 2.75) is 13.0 Å². The van der Waals surface area contributed by atoms with Crippen LogP contribution in [0.5, 0.6) is 0 Å². The van der Waals surface area contributed by atoms with Gasteiger partial charge in [-0.2, -0.15) is 5.06 Å². The van der Waals surface area contributed by atoms with E-state index in [0.717, 1.165) is 0 Å². The van der Waals surface area contributed by atoms with E-state index in [1.807, 2.05) is 6.92 Å². The van der Waals surface area contributed by atoms with Crippen molar-refractivity contribution in [3.05, 3.63) is 0 Å². The maximum Gasteiger partial charge on any atom is 0.0643 e. The number of rotatable bonds is 0. The summed E-state index contributed by atoms with van der Waals surface area (Å²) in [7, 11) is 0. The summed E-state index contributed by atoms with van der Waals surface area (Å²) in [5.41, 5.74) is 0. The zero-order chi connectivity index (χ0) is 5.98. The molecule has 0 aromatic carbocycles. The molecule has 1 N–H and O–H groups in total. The van der Waals surface area contributed by atoms with E-state index in [9.17, 15) is 0 Å². The third-order valence-electron chi connectivity index (χ3n) is 1.33. The van der Waals surface area contributed by atoms with Crippen LogP contribution < -0.4 is 0 Å². The topological polar surface area (TPSA) is 32.7 Å². The van der Waals surface area contributed by atoms with Gasteiger partial charge in [-0.05, 0) is 6.92 Å². The highest BCUT2D eigenvalue weighted by Gasteiger charge is 2.15. The van der Waals surface area contributed by atoms with Gasteiger partial charge in [0.1, 0.15) is 0 Å². The average Bonchev–Trinajstić information content (AvgIpc) is 1.77. The third-order valence-corrected chi connectivity index (χ3v) is 1.33. The van der Waals surface area contributed by atoms with Gasteiger partial charge in [0.25, 0.3) is 0 Å². The van der Waals surface area contributed by atoms with Crippen molar-refractivity contribution in [1.82, 2.24) is 5.06 Å². The summed E-state index contributed by atoms with van der Waals surface area (Å²) in [6.45, 7) is 3.87. The summed E-state index contributed by atoms with van der Waals surface area (Å²) in [5, 5.41) is 10.2. The first-order valence-corrected chi connectivity index (χ1v) is 2.84. The number of ether oxygens (including phenoxy) is 1. The molecule has 3 heteroatoms. The van der Waals surface area contributed by atoms with Crippen molar-refractivity contribution in [1.29, 1.82) is 0 Å². The smallest absolute Gasteiger partial charge is 0.0643 e. The highest BCUT2D eigenvalue weighted by Crippen LogP contribution is 2.00. The Bertz CT molecular complexity index is 66.8. The average molecular weight is 117 g/mol. The maximum absolute atomic E-state index is 8.93. The minimum atomic E-state index is 0.170. The first-order chi connectivity index (χ1) is 3.80. The number of hydrogen-bond acceptors (Lipinski definition) is 3. The second-order valence-electron chi connectivity index (χ2n) is 2.09. The molecule has 1 aliphatic rings. The van der Waals surface area contributed by atoms with Crippen LogP contribution in [-0.2, 0) is 4.74 Å². The fourth-order valence-electron chi connectivity index (χ4n) is 0.718. The molecule has 1 atom stereocenters. The van der Waals surface area contributed by atoms with E-state index in [4.69, 9.17) is 9.94 Å². The number of hydroxylamine groups is 2. The van der Waals surface area contributed by atoms with Gasteiger partial charge in [-0.3, -0.25) is 0 Å². The molecule has 1 rings (SSSR count). The van der Waals surface area contributed by atoms with Crippen LogP contribution >= 0.6 is 0 Å². The zero-order valence-electron chi connectivity index (χ0n) is 5.00. The summed E-state index contributed by atoms with van der Waals surface area (Å²) in [6, 6.07) is 0.170. The molecule has 8 heavy (non-hydrogen) atoms. The van der Waals surface area contributed by atoms with E-state index in [2.05, 4.69) is 0 Å². The molecule has 3 nitrogen and oxygen atoms in total. The molecule has 1 saturated heterocycles. The normalized spacial score (nSPS) is 33.0. The van der Waals surface area contributed by atoms with Crippen LogP contribution in [0.1, 0.15) is 6.92 Å². The third kappa shape index (κ3) is 1.18. The Labute approximate surface area is 48.8 Å². The van der Waals surface area contributed by atoms with Crippen LogP contribution in [0.25, 0.3) is 0 Å². The van der Waals surface area contributed by atoms with Gasteiger partial charge in [-0.25, -0.2) is 0 Å². The first-order valence-electron chi connectivity index (χ1n) is 2.84. The van der Waals surface area contributed by atoms with E-state index < -0.39 is 0 Å². The standard InChI is InChI=1S/C5H11NO2/c1-5-4-8-3-2-6(5)7/h5,7H,2-4H2,1H3/t5-/m0/s1. The van der Waals surface area contributed by atoms with Crippen LogP contribution in [0.15, 0.2) is 0 Å². The van der Waals surface area contributed by atoms with Gasteiger partial charge >= 0.3 is 0 Å². The van der Waals surface area contributed by atoms with Crippen LogP contribution in [0, 0.1) is 0 Å². The summed E-state index contributed by atoms with van der Waals surface area (Å²) in [4.78, 5) is 0. The van der Waals surface area contributed by atoms with Crippen LogP contribution in [0.4, 0.5) is 0 Å². The van der Waals surface area contributed by atoms with Crippen molar-refractivity contribution in [3.63, 3.8) is 0 Å². The fraction of sp³-hybridized carbons (Fsp3) is 1.00. The molecular weight excluding hydrogens is 106 g/mol. The van der Waals surface area contributed by atoms with Crippen molar-refractivity contribution < 1.29 is 9.94 Å². The van der Waals surface area contributed by atoms with Gasteiger partial charge in [-0.15, -0.1) is 0 Å². The zero-order valence-corrected chi connectivity index (χ0v) is 5.00. The highest BCUT2D eigenvalue weighted by atomic mass is 16.5. The highest BCUT2D eigenvalue weighted by molar-refractivity contribution is 4.61. The molecule has 1 fully saturated rings. The lowest BCUT2D eigenvalue weighted by atomic mass is 10.3. The molecule has 0 saturated carbocycles. The molecule has 48 valence electrons. The minimum absolute atomic E-state index is 0.170. The Kier molecular flexibility index (Phi) is 1.83. The predicted molar refractivity (Wildman–Crippen MR) is 28.8 cm³/mol. The molecule has 0 aromatic heterocycles. The molecule has 0 unspecified atom stereocenters. The molecule has 1 aliphatic heterocycles. The number of nitrogens with zero attached hydrogens (tertiary/aromatic N) is 1. The second kappa shape index (κ2) is 2.44. The maximum atomic E-state index is 8.93. The van der Waals surface area contributed by atoms with Crippen LogP contribution in [0.3, 0.4) is 0 Å². The summed E-state index contributed by atoms with van der Waals surface area (Å²) >= 11 is 0. The van der Waals surface area contributed by atoms with E-state index >= 15 is 0 Å². The lowest BCUT2D eigenvalue weighted by molar-refractivity contribution is -0.175. The molecule has 1 heterocycles. The first kappa shape index (κ1) is 6.01. The second-order valence-corrected chi connectivity index (χ2v) is 2.09. The van der Waals surface area contributed by atoms with E-state index in [1.54, 1.807) is 0 Å². The van der Waals surface area contributed by atoms with Gasteiger partial charge in [0.2, 0.25) is 0 Å². The molecule has 0 amide bonds. The van der Waals surface area contributed by atoms with E-state index in [1.165, 1.54) is 5.06 Å². The van der Waals surface area contributed by atoms with Gasteiger partial charge in [0.15, 0.2) is 0 Å². The van der Waals surface area contributed by atoms with Gasteiger partial charge in [-0.1, -0.05) is 0 Å². The Morgan fingerprint density at radius 3 is 2.88 bits per heavy atom. The van der Waals surface area contributed by atoms with E-state index in [0.29, 0.717) is 19.8 Å². The quantitative estimate of drug-likeness (QED) is 0.488. The minimum Gasteiger partial charge on any atom is -0.378 e. The van der Waals surface area contributed by atoms with Gasteiger partial charge < -0.3 is 9.94 Å². The Morgan fingerprint density at radius 2 is 2.50 bits per heavy atom. The van der Waals surface area contributed by atoms with Crippen LogP contribution in [-0.4, -0.2) is 36.1 Å². The largest absolute Gasteiger partial charge is 0.378 e. The van der Waals surface area contributed by atoms with Gasteiger partial charge in [0, 0.05) is 6.54 Å². The predicted octanol–water partition coefficient (Wildman–Crippen LogP) is 0.0963. The Balaban J connectivity index is 2.28. The summed E-state index contributed by atoms with van der Waals surface area (Å²) in [6.07, 6.45) is 0. The van der Waals surface area contributed by atoms with Crippen LogP contribution in [0.2, 0.25) is 0 Å². The molecule has 0 spiro atoms. The van der Waals surface area contributed by atoms with Crippen molar-refractivity contribution in [3.8, 4) is 0 Å². The van der Waals surface area contributed by atoms with E-state index in [-0.39, 0.29) is 6.04 Å². The molecular formula is C5H11NO2. The molecule has 0 aliphatic carbocycles. The SMILES string of the molecule is C[C@H]1COCCN1O. The van der Waals surface area contributed by atoms with Crippen molar-refractivity contribution in [2.24, 2.45) is 0 Å². The molecule has 0 bridgehead atoms. The lowest BCUT2D eigenvalue weighted by Crippen LogP contribution is -2.40.